The normalized spacial score (nSPS) is 17.4. The Morgan fingerprint density at radius 3 is 2.41 bits per heavy atom. The summed E-state index contributed by atoms with van der Waals surface area (Å²) < 4.78 is 37.8. The van der Waals surface area contributed by atoms with Crippen molar-refractivity contribution in [2.75, 3.05) is 18.8 Å². The van der Waals surface area contributed by atoms with E-state index in [0.29, 0.717) is 25.9 Å². The predicted molar refractivity (Wildman–Crippen MR) is 82.3 cm³/mol. The van der Waals surface area contributed by atoms with Gasteiger partial charge in [-0.2, -0.15) is 0 Å². The maximum atomic E-state index is 12.8. The van der Waals surface area contributed by atoms with Crippen LogP contribution in [0.1, 0.15) is 25.3 Å². The van der Waals surface area contributed by atoms with Gasteiger partial charge in [0.2, 0.25) is 15.9 Å². The van der Waals surface area contributed by atoms with Crippen LogP contribution in [-0.4, -0.2) is 43.5 Å². The summed E-state index contributed by atoms with van der Waals surface area (Å²) in [5.74, 6) is -0.341. The van der Waals surface area contributed by atoms with Crippen LogP contribution >= 0.6 is 0 Å². The number of hydrogen-bond acceptors (Lipinski definition) is 3. The van der Waals surface area contributed by atoms with E-state index >= 15 is 0 Å². The maximum Gasteiger partial charge on any atom is 0.224 e. The molecule has 1 amide bonds. The highest BCUT2D eigenvalue weighted by atomic mass is 32.2. The van der Waals surface area contributed by atoms with Gasteiger partial charge in [0.05, 0.1) is 12.2 Å². The lowest BCUT2D eigenvalue weighted by molar-refractivity contribution is -0.121. The van der Waals surface area contributed by atoms with E-state index in [1.54, 1.807) is 19.1 Å². The Morgan fingerprint density at radius 2 is 1.86 bits per heavy atom. The lowest BCUT2D eigenvalue weighted by atomic mass is 10.1. The molecule has 1 N–H and O–H groups in total. The minimum absolute atomic E-state index is 0.00347. The van der Waals surface area contributed by atoms with Crippen LogP contribution in [0.2, 0.25) is 0 Å². The number of halogens is 1. The summed E-state index contributed by atoms with van der Waals surface area (Å²) in [5, 5.41) is 2.92. The van der Waals surface area contributed by atoms with Crippen LogP contribution in [0.25, 0.3) is 0 Å². The molecule has 0 radical (unpaired) electrons. The number of piperidine rings is 1. The Hall–Kier alpha value is -1.47. The molecule has 1 aromatic carbocycles. The molecule has 1 saturated heterocycles. The molecule has 0 aromatic heterocycles. The van der Waals surface area contributed by atoms with Crippen LogP contribution in [0, 0.1) is 5.82 Å². The molecule has 0 spiro atoms. The molecule has 0 atom stereocenters. The van der Waals surface area contributed by atoms with Crippen LogP contribution < -0.4 is 5.32 Å². The van der Waals surface area contributed by atoms with E-state index in [0.717, 1.165) is 5.56 Å². The first-order valence-electron chi connectivity index (χ1n) is 7.42. The predicted octanol–water partition coefficient (Wildman–Crippen LogP) is 1.30. The molecule has 7 heteroatoms. The molecule has 1 aromatic rings. The van der Waals surface area contributed by atoms with Crippen molar-refractivity contribution in [3.8, 4) is 0 Å². The Labute approximate surface area is 130 Å². The van der Waals surface area contributed by atoms with Gasteiger partial charge in [0.15, 0.2) is 0 Å². The Balaban J connectivity index is 1.80. The Bertz CT molecular complexity index is 608. The van der Waals surface area contributed by atoms with Crippen LogP contribution in [-0.2, 0) is 21.2 Å². The van der Waals surface area contributed by atoms with E-state index in [9.17, 15) is 17.6 Å². The van der Waals surface area contributed by atoms with E-state index in [1.165, 1.54) is 16.4 Å². The van der Waals surface area contributed by atoms with Crippen molar-refractivity contribution in [3.05, 3.63) is 35.6 Å². The number of rotatable bonds is 5. The second-order valence-corrected chi connectivity index (χ2v) is 7.70. The van der Waals surface area contributed by atoms with Gasteiger partial charge in [-0.3, -0.25) is 4.79 Å². The second kappa shape index (κ2) is 7.19. The smallest absolute Gasteiger partial charge is 0.224 e. The molecule has 122 valence electrons. The third-order valence-electron chi connectivity index (χ3n) is 3.86. The van der Waals surface area contributed by atoms with E-state index in [-0.39, 0.29) is 29.9 Å². The fraction of sp³-hybridized carbons (Fsp3) is 0.533. The highest BCUT2D eigenvalue weighted by Crippen LogP contribution is 2.14. The molecular weight excluding hydrogens is 307 g/mol. The molecule has 1 fully saturated rings. The van der Waals surface area contributed by atoms with E-state index < -0.39 is 10.0 Å². The van der Waals surface area contributed by atoms with Gasteiger partial charge in [0, 0.05) is 19.1 Å². The average Bonchev–Trinajstić information content (AvgIpc) is 2.50. The number of carbonyl (C=O) groups excluding carboxylic acids is 1. The van der Waals surface area contributed by atoms with Gasteiger partial charge >= 0.3 is 0 Å². The number of amides is 1. The van der Waals surface area contributed by atoms with Crippen molar-refractivity contribution in [2.24, 2.45) is 0 Å². The third kappa shape index (κ3) is 4.51. The molecule has 22 heavy (non-hydrogen) atoms. The van der Waals surface area contributed by atoms with Gasteiger partial charge in [-0.15, -0.1) is 0 Å². The monoisotopic (exact) mass is 328 g/mol. The van der Waals surface area contributed by atoms with Crippen molar-refractivity contribution in [1.29, 1.82) is 0 Å². The van der Waals surface area contributed by atoms with Crippen molar-refractivity contribution in [3.63, 3.8) is 0 Å². The molecule has 2 rings (SSSR count). The van der Waals surface area contributed by atoms with Gasteiger partial charge in [0.25, 0.3) is 0 Å². The first kappa shape index (κ1) is 16.9. The van der Waals surface area contributed by atoms with Gasteiger partial charge < -0.3 is 5.32 Å². The summed E-state index contributed by atoms with van der Waals surface area (Å²) >= 11 is 0. The topological polar surface area (TPSA) is 66.5 Å². The fourth-order valence-corrected chi connectivity index (χ4v) is 3.66. The standard InChI is InChI=1S/C15H21FN2O3S/c1-2-22(20,21)18-9-7-14(8-10-18)17-15(19)11-12-3-5-13(16)6-4-12/h3-6,14H,2,7-11H2,1H3,(H,17,19). The number of benzene rings is 1. The Morgan fingerprint density at radius 1 is 1.27 bits per heavy atom. The van der Waals surface area contributed by atoms with Gasteiger partial charge in [-0.1, -0.05) is 12.1 Å². The number of nitrogens with one attached hydrogen (secondary N) is 1. The molecule has 1 heterocycles. The lowest BCUT2D eigenvalue weighted by Gasteiger charge is -2.31. The maximum absolute atomic E-state index is 12.8. The van der Waals surface area contributed by atoms with Crippen LogP contribution in [0.15, 0.2) is 24.3 Å². The molecule has 1 aliphatic rings. The number of carbonyl (C=O) groups is 1. The van der Waals surface area contributed by atoms with Crippen LogP contribution in [0.4, 0.5) is 4.39 Å². The molecule has 0 aliphatic carbocycles. The zero-order chi connectivity index (χ0) is 16.2. The van der Waals surface area contributed by atoms with Gasteiger partial charge in [0.1, 0.15) is 5.82 Å². The first-order valence-corrected chi connectivity index (χ1v) is 9.03. The molecule has 1 aliphatic heterocycles. The summed E-state index contributed by atoms with van der Waals surface area (Å²) in [7, 11) is -3.14. The van der Waals surface area contributed by atoms with E-state index in [2.05, 4.69) is 5.32 Å². The quantitative estimate of drug-likeness (QED) is 0.886. The molecule has 0 bridgehead atoms. The first-order chi connectivity index (χ1) is 10.4. The number of sulfonamides is 1. The van der Waals surface area contributed by atoms with Crippen molar-refractivity contribution in [1.82, 2.24) is 9.62 Å². The minimum atomic E-state index is -3.14. The zero-order valence-electron chi connectivity index (χ0n) is 12.6. The zero-order valence-corrected chi connectivity index (χ0v) is 13.4. The van der Waals surface area contributed by atoms with Crippen LogP contribution in [0.5, 0.6) is 0 Å². The second-order valence-electron chi connectivity index (χ2n) is 5.44. The van der Waals surface area contributed by atoms with Gasteiger partial charge in [-0.05, 0) is 37.5 Å². The van der Waals surface area contributed by atoms with E-state index in [1.807, 2.05) is 0 Å². The molecular formula is C15H21FN2O3S. The summed E-state index contributed by atoms with van der Waals surface area (Å²) in [5.41, 5.74) is 0.755. The summed E-state index contributed by atoms with van der Waals surface area (Å²) in [6.45, 7) is 2.52. The number of hydrogen-bond donors (Lipinski definition) is 1. The lowest BCUT2D eigenvalue weighted by Crippen LogP contribution is -2.47. The number of nitrogens with zero attached hydrogens (tertiary/aromatic N) is 1. The molecule has 0 unspecified atom stereocenters. The van der Waals surface area contributed by atoms with Crippen molar-refractivity contribution < 1.29 is 17.6 Å². The Kier molecular flexibility index (Phi) is 5.52. The molecule has 5 nitrogen and oxygen atoms in total. The molecule has 0 saturated carbocycles. The largest absolute Gasteiger partial charge is 0.353 e. The summed E-state index contributed by atoms with van der Waals surface area (Å²) in [4.78, 5) is 12.0. The third-order valence-corrected chi connectivity index (χ3v) is 5.74. The minimum Gasteiger partial charge on any atom is -0.353 e. The highest BCUT2D eigenvalue weighted by molar-refractivity contribution is 7.89. The fourth-order valence-electron chi connectivity index (χ4n) is 2.53. The van der Waals surface area contributed by atoms with Gasteiger partial charge in [-0.25, -0.2) is 17.1 Å². The SMILES string of the molecule is CCS(=O)(=O)N1CCC(NC(=O)Cc2ccc(F)cc2)CC1. The highest BCUT2D eigenvalue weighted by Gasteiger charge is 2.27. The summed E-state index contributed by atoms with van der Waals surface area (Å²) in [6.07, 6.45) is 1.44. The van der Waals surface area contributed by atoms with Crippen molar-refractivity contribution in [2.45, 2.75) is 32.2 Å². The summed E-state index contributed by atoms with van der Waals surface area (Å²) in [6, 6.07) is 5.83. The average molecular weight is 328 g/mol. The van der Waals surface area contributed by atoms with Crippen molar-refractivity contribution >= 4 is 15.9 Å². The van der Waals surface area contributed by atoms with Crippen LogP contribution in [0.3, 0.4) is 0 Å². The van der Waals surface area contributed by atoms with E-state index in [4.69, 9.17) is 0 Å².